The van der Waals surface area contributed by atoms with Crippen LogP contribution < -0.4 is 0 Å². The van der Waals surface area contributed by atoms with Gasteiger partial charge in [-0.05, 0) is 91.0 Å². The van der Waals surface area contributed by atoms with E-state index in [1.165, 1.54) is 81.5 Å². The second kappa shape index (κ2) is 13.6. The molecule has 0 radical (unpaired) electrons. The van der Waals surface area contributed by atoms with E-state index in [0.717, 1.165) is 22.1 Å². The lowest BCUT2D eigenvalue weighted by molar-refractivity contribution is 0.794. The Morgan fingerprint density at radius 2 is 0.742 bits per heavy atom. The maximum absolute atomic E-state index is 5.15. The Balaban J connectivity index is 0.988. The normalized spacial score (nSPS) is 13.0. The topological polar surface area (TPSA) is 38.7 Å². The molecule has 62 heavy (non-hydrogen) atoms. The predicted molar refractivity (Wildman–Crippen MR) is 256 cm³/mol. The van der Waals surface area contributed by atoms with Gasteiger partial charge in [0, 0.05) is 36.9 Å². The van der Waals surface area contributed by atoms with Crippen molar-refractivity contribution in [1.29, 1.82) is 0 Å². The van der Waals surface area contributed by atoms with Gasteiger partial charge in [0.25, 0.3) is 0 Å². The van der Waals surface area contributed by atoms with Crippen molar-refractivity contribution in [2.24, 2.45) is 0 Å². The quantitative estimate of drug-likeness (QED) is 0.174. The maximum atomic E-state index is 5.15. The molecule has 4 heteroatoms. The van der Waals surface area contributed by atoms with Gasteiger partial charge in [-0.2, -0.15) is 0 Å². The molecule has 2 aliphatic carbocycles. The SMILES string of the molecule is c1ccc(-c2nc(-c3ccccc3)nc(-c3cccc4sc5ccc(-c6ccccc6-c6ccc7c(c6)C6(c8ccccc8-c8ccccc86)c6ccccc6-7)cc5c34)n2)cc1. The Bertz CT molecular complexity index is 3470. The summed E-state index contributed by atoms with van der Waals surface area (Å²) in [5.41, 5.74) is 17.9. The van der Waals surface area contributed by atoms with Crippen LogP contribution in [0, 0.1) is 0 Å². The Morgan fingerprint density at radius 1 is 0.290 bits per heavy atom. The van der Waals surface area contributed by atoms with Gasteiger partial charge in [0.15, 0.2) is 17.5 Å². The number of aromatic nitrogens is 3. The summed E-state index contributed by atoms with van der Waals surface area (Å²) in [5, 5.41) is 2.35. The van der Waals surface area contributed by atoms with Gasteiger partial charge >= 0.3 is 0 Å². The van der Waals surface area contributed by atoms with Gasteiger partial charge in [0.1, 0.15) is 0 Å². The van der Waals surface area contributed by atoms with Gasteiger partial charge in [0.2, 0.25) is 0 Å². The van der Waals surface area contributed by atoms with Crippen molar-refractivity contribution in [3.8, 4) is 78.7 Å². The number of rotatable bonds is 5. The fourth-order valence-corrected chi connectivity index (χ4v) is 11.5. The van der Waals surface area contributed by atoms with Crippen LogP contribution in [0.2, 0.25) is 0 Å². The van der Waals surface area contributed by atoms with E-state index in [9.17, 15) is 0 Å². The third-order valence-corrected chi connectivity index (χ3v) is 14.1. The smallest absolute Gasteiger partial charge is 0.164 e. The summed E-state index contributed by atoms with van der Waals surface area (Å²) in [6.07, 6.45) is 0. The zero-order chi connectivity index (χ0) is 40.8. The van der Waals surface area contributed by atoms with Crippen LogP contribution in [0.15, 0.2) is 212 Å². The minimum atomic E-state index is -0.398. The summed E-state index contributed by atoms with van der Waals surface area (Å²) in [5.74, 6) is 1.98. The molecule has 1 spiro atoms. The first kappa shape index (κ1) is 35.0. The molecule has 0 saturated heterocycles. The molecule has 0 N–H and O–H groups in total. The zero-order valence-corrected chi connectivity index (χ0v) is 34.3. The molecule has 0 atom stereocenters. The number of hydrogen-bond donors (Lipinski definition) is 0. The van der Waals surface area contributed by atoms with E-state index < -0.39 is 5.41 Å². The molecular formula is C58H35N3S. The van der Waals surface area contributed by atoms with Crippen LogP contribution in [0.5, 0.6) is 0 Å². The minimum absolute atomic E-state index is 0.398. The van der Waals surface area contributed by atoms with Gasteiger partial charge in [-0.25, -0.2) is 15.0 Å². The molecule has 13 rings (SSSR count). The summed E-state index contributed by atoms with van der Waals surface area (Å²) >= 11 is 1.81. The van der Waals surface area contributed by atoms with Gasteiger partial charge in [-0.1, -0.05) is 188 Å². The van der Waals surface area contributed by atoms with Crippen molar-refractivity contribution in [3.63, 3.8) is 0 Å². The number of thiophene rings is 1. The van der Waals surface area contributed by atoms with E-state index in [2.05, 4.69) is 176 Å². The second-order valence-electron chi connectivity index (χ2n) is 16.2. The molecule has 2 heterocycles. The summed E-state index contributed by atoms with van der Waals surface area (Å²) < 4.78 is 2.43. The molecule has 288 valence electrons. The Morgan fingerprint density at radius 3 is 1.32 bits per heavy atom. The lowest BCUT2D eigenvalue weighted by Gasteiger charge is -2.30. The number of benzene rings is 9. The van der Waals surface area contributed by atoms with Gasteiger partial charge in [-0.3, -0.25) is 0 Å². The first-order valence-electron chi connectivity index (χ1n) is 21.1. The van der Waals surface area contributed by atoms with Crippen LogP contribution in [0.25, 0.3) is 98.8 Å². The molecule has 0 unspecified atom stereocenters. The third-order valence-electron chi connectivity index (χ3n) is 13.0. The summed E-state index contributed by atoms with van der Waals surface area (Å²) in [4.78, 5) is 15.3. The summed E-state index contributed by atoms with van der Waals surface area (Å²) in [7, 11) is 0. The van der Waals surface area contributed by atoms with Crippen LogP contribution in [-0.4, -0.2) is 15.0 Å². The molecule has 3 nitrogen and oxygen atoms in total. The zero-order valence-electron chi connectivity index (χ0n) is 33.5. The lowest BCUT2D eigenvalue weighted by atomic mass is 9.70. The van der Waals surface area contributed by atoms with Crippen LogP contribution in [0.3, 0.4) is 0 Å². The molecular weight excluding hydrogens is 771 g/mol. The average molecular weight is 806 g/mol. The van der Waals surface area contributed by atoms with E-state index in [1.807, 2.05) is 47.7 Å². The molecule has 2 aromatic heterocycles. The molecule has 11 aromatic rings. The van der Waals surface area contributed by atoms with Crippen molar-refractivity contribution in [2.45, 2.75) is 5.41 Å². The second-order valence-corrected chi connectivity index (χ2v) is 17.3. The first-order valence-corrected chi connectivity index (χ1v) is 21.9. The van der Waals surface area contributed by atoms with Gasteiger partial charge in [-0.15, -0.1) is 11.3 Å². The first-order chi connectivity index (χ1) is 30.7. The molecule has 0 bridgehead atoms. The predicted octanol–water partition coefficient (Wildman–Crippen LogP) is 14.9. The maximum Gasteiger partial charge on any atom is 0.164 e. The van der Waals surface area contributed by atoms with Crippen LogP contribution in [0.4, 0.5) is 0 Å². The molecule has 0 aliphatic heterocycles. The van der Waals surface area contributed by atoms with Crippen LogP contribution in [-0.2, 0) is 5.41 Å². The highest BCUT2D eigenvalue weighted by Crippen LogP contribution is 2.63. The fraction of sp³-hybridized carbons (Fsp3) is 0.0172. The van der Waals surface area contributed by atoms with Crippen molar-refractivity contribution in [3.05, 3.63) is 235 Å². The Labute approximate surface area is 363 Å². The largest absolute Gasteiger partial charge is 0.208 e. The number of nitrogens with zero attached hydrogens (tertiary/aromatic N) is 3. The van der Waals surface area contributed by atoms with Gasteiger partial charge < -0.3 is 0 Å². The fourth-order valence-electron chi connectivity index (χ4n) is 10.4. The van der Waals surface area contributed by atoms with E-state index in [1.54, 1.807) is 0 Å². The molecule has 9 aromatic carbocycles. The van der Waals surface area contributed by atoms with Crippen molar-refractivity contribution >= 4 is 31.5 Å². The minimum Gasteiger partial charge on any atom is -0.208 e. The monoisotopic (exact) mass is 805 g/mol. The van der Waals surface area contributed by atoms with Crippen LogP contribution in [0.1, 0.15) is 22.3 Å². The van der Waals surface area contributed by atoms with Crippen molar-refractivity contribution < 1.29 is 0 Å². The number of hydrogen-bond acceptors (Lipinski definition) is 4. The van der Waals surface area contributed by atoms with E-state index in [-0.39, 0.29) is 0 Å². The third kappa shape index (κ3) is 5.08. The standard InChI is InChI=1S/C58H35N3S/c1-3-16-36(17-4-1)55-59-56(37-18-5-2-6-19-37)61-57(60-55)46-25-15-29-53-54(46)47-34-38(31-33-52(47)62-53)40-20-7-8-21-41(40)39-30-32-45-44-24-11-14-28-50(44)58(51(45)35-39)48-26-12-9-22-42(48)43-23-10-13-27-49(43)58/h1-35H. The van der Waals surface area contributed by atoms with Crippen molar-refractivity contribution in [1.82, 2.24) is 15.0 Å². The molecule has 2 aliphatic rings. The van der Waals surface area contributed by atoms with E-state index >= 15 is 0 Å². The van der Waals surface area contributed by atoms with Crippen LogP contribution >= 0.6 is 11.3 Å². The van der Waals surface area contributed by atoms with E-state index in [4.69, 9.17) is 15.0 Å². The average Bonchev–Trinajstić information content (AvgIpc) is 3.98. The lowest BCUT2D eigenvalue weighted by Crippen LogP contribution is -2.25. The molecule has 0 fully saturated rings. The Hall–Kier alpha value is -7.79. The highest BCUT2D eigenvalue weighted by Gasteiger charge is 2.51. The molecule has 0 saturated carbocycles. The van der Waals surface area contributed by atoms with E-state index in [0.29, 0.717) is 17.5 Å². The van der Waals surface area contributed by atoms with Gasteiger partial charge in [0.05, 0.1) is 5.41 Å². The summed E-state index contributed by atoms with van der Waals surface area (Å²) in [6, 6.07) is 77.0. The highest BCUT2D eigenvalue weighted by molar-refractivity contribution is 7.26. The number of fused-ring (bicyclic) bond motifs is 13. The highest BCUT2D eigenvalue weighted by atomic mass is 32.1. The summed E-state index contributed by atoms with van der Waals surface area (Å²) in [6.45, 7) is 0. The van der Waals surface area contributed by atoms with Crippen molar-refractivity contribution in [2.75, 3.05) is 0 Å². The Kier molecular flexibility index (Phi) is 7.69. The molecule has 0 amide bonds.